The molecule has 2 rings (SSSR count). The Morgan fingerprint density at radius 3 is 2.61 bits per heavy atom. The lowest BCUT2D eigenvalue weighted by molar-refractivity contribution is 0.867. The fraction of sp³-hybridized carbons (Fsp3) is 0.267. The third-order valence-corrected chi connectivity index (χ3v) is 2.95. The molecule has 3 nitrogen and oxygen atoms in total. The second-order valence-corrected chi connectivity index (χ2v) is 4.78. The van der Waals surface area contributed by atoms with Gasteiger partial charge in [-0.15, -0.1) is 0 Å². The number of nitrogens with zero attached hydrogens (tertiary/aromatic N) is 1. The topological polar surface area (TPSA) is 50.9 Å². The molecule has 2 aromatic rings. The van der Waals surface area contributed by atoms with Crippen LogP contribution >= 0.6 is 0 Å². The quantitative estimate of drug-likeness (QED) is 0.858. The number of rotatable bonds is 3. The summed E-state index contributed by atoms with van der Waals surface area (Å²) in [6, 6.07) is 12.2. The van der Waals surface area contributed by atoms with Crippen molar-refractivity contribution in [3.05, 3.63) is 47.7 Å². The number of anilines is 3. The number of benzene rings is 1. The average Bonchev–Trinajstić information content (AvgIpc) is 2.34. The minimum absolute atomic E-state index is 0.521. The van der Waals surface area contributed by atoms with E-state index < -0.39 is 0 Å². The van der Waals surface area contributed by atoms with Gasteiger partial charge < -0.3 is 11.1 Å². The van der Waals surface area contributed by atoms with Crippen LogP contribution in [0.15, 0.2) is 36.4 Å². The molecule has 0 aliphatic heterocycles. The second-order valence-electron chi connectivity index (χ2n) is 4.78. The molecule has 3 heteroatoms. The van der Waals surface area contributed by atoms with Gasteiger partial charge >= 0.3 is 0 Å². The molecule has 1 heterocycles. The van der Waals surface area contributed by atoms with Gasteiger partial charge in [0.2, 0.25) is 0 Å². The Balaban J connectivity index is 2.23. The Hall–Kier alpha value is -2.03. The number of aryl methyl sites for hydroxylation is 1. The predicted octanol–water partition coefficient (Wildman–Crippen LogP) is 3.84. The summed E-state index contributed by atoms with van der Waals surface area (Å²) in [5.41, 5.74) is 9.69. The van der Waals surface area contributed by atoms with Crippen LogP contribution in [0, 0.1) is 6.92 Å². The molecule has 0 bridgehead atoms. The van der Waals surface area contributed by atoms with Crippen LogP contribution in [-0.2, 0) is 0 Å². The van der Waals surface area contributed by atoms with E-state index in [4.69, 9.17) is 5.73 Å². The third kappa shape index (κ3) is 2.80. The number of hydrogen-bond acceptors (Lipinski definition) is 3. The normalized spacial score (nSPS) is 10.7. The van der Waals surface area contributed by atoms with Gasteiger partial charge in [-0.05, 0) is 42.7 Å². The first kappa shape index (κ1) is 12.4. The second kappa shape index (κ2) is 5.08. The Morgan fingerprint density at radius 1 is 1.17 bits per heavy atom. The molecule has 0 radical (unpaired) electrons. The van der Waals surface area contributed by atoms with Gasteiger partial charge in [0, 0.05) is 5.69 Å². The van der Waals surface area contributed by atoms with Crippen molar-refractivity contribution in [1.29, 1.82) is 0 Å². The van der Waals surface area contributed by atoms with Crippen LogP contribution in [0.4, 0.5) is 17.2 Å². The molecule has 0 aliphatic carbocycles. The largest absolute Gasteiger partial charge is 0.397 e. The Morgan fingerprint density at radius 2 is 1.94 bits per heavy atom. The smallest absolute Gasteiger partial charge is 0.130 e. The van der Waals surface area contributed by atoms with Crippen LogP contribution in [0.1, 0.15) is 31.0 Å². The van der Waals surface area contributed by atoms with Gasteiger partial charge in [0.25, 0.3) is 0 Å². The highest BCUT2D eigenvalue weighted by Gasteiger charge is 2.02. The van der Waals surface area contributed by atoms with Crippen LogP contribution < -0.4 is 11.1 Å². The molecule has 0 unspecified atom stereocenters. The van der Waals surface area contributed by atoms with Crippen LogP contribution in [-0.4, -0.2) is 4.98 Å². The zero-order valence-electron chi connectivity index (χ0n) is 11.1. The molecule has 3 N–H and O–H groups in total. The maximum absolute atomic E-state index is 5.76. The van der Waals surface area contributed by atoms with Gasteiger partial charge in [-0.25, -0.2) is 4.98 Å². The molecule has 0 aliphatic rings. The zero-order valence-corrected chi connectivity index (χ0v) is 11.1. The van der Waals surface area contributed by atoms with Crippen LogP contribution in [0.5, 0.6) is 0 Å². The molecule has 0 atom stereocenters. The first-order chi connectivity index (χ1) is 8.56. The third-order valence-electron chi connectivity index (χ3n) is 2.95. The number of nitrogens with one attached hydrogen (secondary N) is 1. The lowest BCUT2D eigenvalue weighted by Gasteiger charge is -2.10. The lowest BCUT2D eigenvalue weighted by Crippen LogP contribution is -1.99. The van der Waals surface area contributed by atoms with E-state index in [0.29, 0.717) is 5.92 Å². The van der Waals surface area contributed by atoms with E-state index in [9.17, 15) is 0 Å². The van der Waals surface area contributed by atoms with Crippen molar-refractivity contribution < 1.29 is 0 Å². The minimum Gasteiger partial charge on any atom is -0.397 e. The van der Waals surface area contributed by atoms with Gasteiger partial charge in [0.05, 0.1) is 11.4 Å². The number of hydrogen-bond donors (Lipinski definition) is 2. The molecule has 0 saturated carbocycles. The SMILES string of the molecule is Cc1nc(Nc2cccc(C(C)C)c2)ccc1N. The number of nitrogens with two attached hydrogens (primary N) is 1. The molecule has 0 saturated heterocycles. The fourth-order valence-corrected chi connectivity index (χ4v) is 1.76. The standard InChI is InChI=1S/C15H19N3/c1-10(2)12-5-4-6-13(9-12)18-15-8-7-14(16)11(3)17-15/h4-10H,16H2,1-3H3,(H,17,18). The van der Waals surface area contributed by atoms with Gasteiger partial charge in [-0.1, -0.05) is 26.0 Å². The molecule has 1 aromatic carbocycles. The Kier molecular flexibility index (Phi) is 3.51. The number of aromatic nitrogens is 1. The highest BCUT2D eigenvalue weighted by Crippen LogP contribution is 2.22. The van der Waals surface area contributed by atoms with E-state index in [1.807, 2.05) is 25.1 Å². The molecular formula is C15H19N3. The summed E-state index contributed by atoms with van der Waals surface area (Å²) >= 11 is 0. The van der Waals surface area contributed by atoms with Crippen molar-refractivity contribution in [3.63, 3.8) is 0 Å². The summed E-state index contributed by atoms with van der Waals surface area (Å²) in [4.78, 5) is 4.41. The predicted molar refractivity (Wildman–Crippen MR) is 77.2 cm³/mol. The summed E-state index contributed by atoms with van der Waals surface area (Å²) in [7, 11) is 0. The van der Waals surface area contributed by atoms with Crippen molar-refractivity contribution in [2.45, 2.75) is 26.7 Å². The highest BCUT2D eigenvalue weighted by molar-refractivity contribution is 5.59. The minimum atomic E-state index is 0.521. The van der Waals surface area contributed by atoms with Crippen molar-refractivity contribution in [3.8, 4) is 0 Å². The zero-order chi connectivity index (χ0) is 13.1. The van der Waals surface area contributed by atoms with Gasteiger partial charge in [-0.2, -0.15) is 0 Å². The van der Waals surface area contributed by atoms with Gasteiger partial charge in [0.1, 0.15) is 5.82 Å². The summed E-state index contributed by atoms with van der Waals surface area (Å²) in [5.74, 6) is 1.34. The molecule has 1 aromatic heterocycles. The average molecular weight is 241 g/mol. The fourth-order valence-electron chi connectivity index (χ4n) is 1.76. The van der Waals surface area contributed by atoms with Crippen molar-refractivity contribution in [1.82, 2.24) is 4.98 Å². The summed E-state index contributed by atoms with van der Waals surface area (Å²) in [5, 5.41) is 3.30. The van der Waals surface area contributed by atoms with E-state index in [0.717, 1.165) is 22.9 Å². The maximum atomic E-state index is 5.76. The van der Waals surface area contributed by atoms with Crippen molar-refractivity contribution in [2.75, 3.05) is 11.1 Å². The molecule has 0 amide bonds. The molecular weight excluding hydrogens is 222 g/mol. The Labute approximate surface area is 108 Å². The van der Waals surface area contributed by atoms with E-state index in [2.05, 4.69) is 42.3 Å². The molecule has 18 heavy (non-hydrogen) atoms. The van der Waals surface area contributed by atoms with E-state index in [1.165, 1.54) is 5.56 Å². The molecule has 94 valence electrons. The lowest BCUT2D eigenvalue weighted by atomic mass is 10.0. The summed E-state index contributed by atoms with van der Waals surface area (Å²) in [6.45, 7) is 6.28. The summed E-state index contributed by atoms with van der Waals surface area (Å²) < 4.78 is 0. The first-order valence-electron chi connectivity index (χ1n) is 6.16. The summed E-state index contributed by atoms with van der Waals surface area (Å²) in [6.07, 6.45) is 0. The maximum Gasteiger partial charge on any atom is 0.130 e. The first-order valence-corrected chi connectivity index (χ1v) is 6.16. The Bertz CT molecular complexity index is 547. The van der Waals surface area contributed by atoms with Gasteiger partial charge in [-0.3, -0.25) is 0 Å². The van der Waals surface area contributed by atoms with Crippen LogP contribution in [0.3, 0.4) is 0 Å². The highest BCUT2D eigenvalue weighted by atomic mass is 15.0. The molecule has 0 spiro atoms. The van der Waals surface area contributed by atoms with Gasteiger partial charge in [0.15, 0.2) is 0 Å². The van der Waals surface area contributed by atoms with Crippen LogP contribution in [0.25, 0.3) is 0 Å². The van der Waals surface area contributed by atoms with Crippen molar-refractivity contribution in [2.24, 2.45) is 0 Å². The molecule has 0 fully saturated rings. The van der Waals surface area contributed by atoms with E-state index in [-0.39, 0.29) is 0 Å². The number of pyridine rings is 1. The monoisotopic (exact) mass is 241 g/mol. The number of nitrogen functional groups attached to an aromatic ring is 1. The van der Waals surface area contributed by atoms with E-state index in [1.54, 1.807) is 0 Å². The van der Waals surface area contributed by atoms with Crippen molar-refractivity contribution >= 4 is 17.2 Å². The van der Waals surface area contributed by atoms with E-state index >= 15 is 0 Å². The van der Waals surface area contributed by atoms with Crippen LogP contribution in [0.2, 0.25) is 0 Å².